The number of hydrogen-bond acceptors (Lipinski definition) is 2. The summed E-state index contributed by atoms with van der Waals surface area (Å²) in [5, 5.41) is 0.211. The Bertz CT molecular complexity index is 692. The highest BCUT2D eigenvalue weighted by atomic mass is 35.5. The Labute approximate surface area is 128 Å². The molecule has 0 aliphatic carbocycles. The number of aryl methyl sites for hydroxylation is 1. The second-order valence-corrected chi connectivity index (χ2v) is 6.88. The lowest BCUT2D eigenvalue weighted by Crippen LogP contribution is -2.23. The molecule has 20 heavy (non-hydrogen) atoms. The molecule has 0 aliphatic rings. The van der Waals surface area contributed by atoms with Crippen LogP contribution in [0.15, 0.2) is 47.4 Å². The van der Waals surface area contributed by atoms with Crippen LogP contribution < -0.4 is 4.72 Å². The first-order chi connectivity index (χ1) is 9.40. The van der Waals surface area contributed by atoms with Gasteiger partial charge >= 0.3 is 0 Å². The summed E-state index contributed by atoms with van der Waals surface area (Å²) >= 11 is 11.8. The van der Waals surface area contributed by atoms with Gasteiger partial charge in [-0.25, -0.2) is 13.1 Å². The molecule has 6 heteroatoms. The maximum absolute atomic E-state index is 12.2. The Hall–Kier alpha value is -1.07. The lowest BCUT2D eigenvalue weighted by Gasteiger charge is -2.10. The molecule has 2 aromatic rings. The van der Waals surface area contributed by atoms with E-state index in [1.165, 1.54) is 12.1 Å². The topological polar surface area (TPSA) is 46.2 Å². The molecular formula is C14H13Cl2NO2S. The zero-order chi connectivity index (χ0) is 14.8. The van der Waals surface area contributed by atoms with Crippen LogP contribution in [0.3, 0.4) is 0 Å². The molecule has 0 saturated carbocycles. The van der Waals surface area contributed by atoms with Crippen LogP contribution in [0.4, 0.5) is 0 Å². The number of sulfonamides is 1. The van der Waals surface area contributed by atoms with E-state index in [4.69, 9.17) is 23.2 Å². The molecule has 0 saturated heterocycles. The van der Waals surface area contributed by atoms with E-state index in [9.17, 15) is 8.42 Å². The zero-order valence-electron chi connectivity index (χ0n) is 10.7. The van der Waals surface area contributed by atoms with Gasteiger partial charge in [-0.3, -0.25) is 0 Å². The Morgan fingerprint density at radius 3 is 2.10 bits per heavy atom. The van der Waals surface area contributed by atoms with Crippen molar-refractivity contribution in [2.75, 3.05) is 0 Å². The van der Waals surface area contributed by atoms with Crippen molar-refractivity contribution in [3.8, 4) is 0 Å². The summed E-state index contributed by atoms with van der Waals surface area (Å²) in [5.74, 6) is 0. The van der Waals surface area contributed by atoms with Crippen LogP contribution >= 0.6 is 23.2 Å². The molecule has 2 aromatic carbocycles. The van der Waals surface area contributed by atoms with Gasteiger partial charge in [0.2, 0.25) is 10.0 Å². The van der Waals surface area contributed by atoms with Gasteiger partial charge in [-0.1, -0.05) is 59.1 Å². The first-order valence-corrected chi connectivity index (χ1v) is 8.13. The van der Waals surface area contributed by atoms with E-state index in [0.717, 1.165) is 11.1 Å². The van der Waals surface area contributed by atoms with Crippen molar-refractivity contribution in [1.82, 2.24) is 4.72 Å². The first kappa shape index (κ1) is 15.3. The lowest BCUT2D eigenvalue weighted by atomic mass is 10.2. The average Bonchev–Trinajstić information content (AvgIpc) is 2.37. The molecule has 0 aromatic heterocycles. The highest BCUT2D eigenvalue weighted by Crippen LogP contribution is 2.28. The Balaban J connectivity index is 2.22. The van der Waals surface area contributed by atoms with E-state index in [-0.39, 0.29) is 21.5 Å². The fraction of sp³-hybridized carbons (Fsp3) is 0.143. The molecule has 0 fully saturated rings. The summed E-state index contributed by atoms with van der Waals surface area (Å²) in [6, 6.07) is 12.2. The van der Waals surface area contributed by atoms with E-state index in [1.807, 2.05) is 31.2 Å². The number of rotatable bonds is 4. The lowest BCUT2D eigenvalue weighted by molar-refractivity contribution is 0.581. The second kappa shape index (κ2) is 6.14. The fourth-order valence-corrected chi connectivity index (χ4v) is 3.85. The van der Waals surface area contributed by atoms with Crippen LogP contribution in [0.5, 0.6) is 0 Å². The molecule has 0 bridgehead atoms. The molecule has 106 valence electrons. The minimum Gasteiger partial charge on any atom is -0.207 e. The third-order valence-electron chi connectivity index (χ3n) is 2.77. The van der Waals surface area contributed by atoms with E-state index in [0.29, 0.717) is 0 Å². The normalized spacial score (nSPS) is 11.6. The van der Waals surface area contributed by atoms with Crippen LogP contribution in [0, 0.1) is 6.92 Å². The van der Waals surface area contributed by atoms with Gasteiger partial charge in [0.05, 0.1) is 10.0 Å². The first-order valence-electron chi connectivity index (χ1n) is 5.89. The van der Waals surface area contributed by atoms with Crippen LogP contribution in [-0.2, 0) is 16.6 Å². The van der Waals surface area contributed by atoms with E-state index in [2.05, 4.69) is 4.72 Å². The van der Waals surface area contributed by atoms with Gasteiger partial charge in [-0.2, -0.15) is 0 Å². The summed E-state index contributed by atoms with van der Waals surface area (Å²) < 4.78 is 27.0. The Morgan fingerprint density at radius 2 is 1.55 bits per heavy atom. The minimum absolute atomic E-state index is 0.0876. The second-order valence-electron chi connectivity index (χ2n) is 4.36. The average molecular weight is 330 g/mol. The molecule has 0 amide bonds. The molecule has 0 aliphatic heterocycles. The standard InChI is InChI=1S/C14H13Cl2NO2S/c1-10-5-7-11(8-6-10)9-17-20(18,19)14-12(15)3-2-4-13(14)16/h2-8,17H,9H2,1H3. The maximum atomic E-state index is 12.2. The van der Waals surface area contributed by atoms with Crippen LogP contribution in [0.25, 0.3) is 0 Å². The van der Waals surface area contributed by atoms with Gasteiger partial charge < -0.3 is 0 Å². The molecule has 0 heterocycles. The monoisotopic (exact) mass is 329 g/mol. The van der Waals surface area contributed by atoms with Gasteiger partial charge in [0.25, 0.3) is 0 Å². The summed E-state index contributed by atoms with van der Waals surface area (Å²) in [4.78, 5) is -0.0876. The van der Waals surface area contributed by atoms with Gasteiger partial charge in [0.1, 0.15) is 4.90 Å². The highest BCUT2D eigenvalue weighted by molar-refractivity contribution is 7.89. The maximum Gasteiger partial charge on any atom is 0.243 e. The summed E-state index contributed by atoms with van der Waals surface area (Å²) in [6.45, 7) is 2.15. The van der Waals surface area contributed by atoms with E-state index in [1.54, 1.807) is 6.07 Å². The minimum atomic E-state index is -3.74. The van der Waals surface area contributed by atoms with Gasteiger partial charge in [-0.05, 0) is 24.6 Å². The van der Waals surface area contributed by atoms with Crippen LogP contribution in [0.2, 0.25) is 10.0 Å². The predicted octanol–water partition coefficient (Wildman–Crippen LogP) is 3.78. The van der Waals surface area contributed by atoms with Gasteiger partial charge in [0, 0.05) is 6.54 Å². The zero-order valence-corrected chi connectivity index (χ0v) is 13.1. The summed E-state index contributed by atoms with van der Waals surface area (Å²) in [7, 11) is -3.74. The predicted molar refractivity (Wildman–Crippen MR) is 81.7 cm³/mol. The van der Waals surface area contributed by atoms with Crippen molar-refractivity contribution in [1.29, 1.82) is 0 Å². The Morgan fingerprint density at radius 1 is 1.00 bits per heavy atom. The number of benzene rings is 2. The molecule has 0 atom stereocenters. The third-order valence-corrected chi connectivity index (χ3v) is 5.13. The number of nitrogens with one attached hydrogen (secondary N) is 1. The molecule has 0 spiro atoms. The summed E-state index contributed by atoms with van der Waals surface area (Å²) in [5.41, 5.74) is 1.98. The van der Waals surface area contributed by atoms with Crippen LogP contribution in [0.1, 0.15) is 11.1 Å². The number of hydrogen-bond donors (Lipinski definition) is 1. The molecular weight excluding hydrogens is 317 g/mol. The third kappa shape index (κ3) is 3.52. The smallest absolute Gasteiger partial charge is 0.207 e. The van der Waals surface area contributed by atoms with Gasteiger partial charge in [0.15, 0.2) is 0 Å². The molecule has 2 rings (SSSR count). The summed E-state index contributed by atoms with van der Waals surface area (Å²) in [6.07, 6.45) is 0. The molecule has 1 N–H and O–H groups in total. The van der Waals surface area contributed by atoms with E-state index < -0.39 is 10.0 Å². The van der Waals surface area contributed by atoms with Crippen LogP contribution in [-0.4, -0.2) is 8.42 Å². The molecule has 0 unspecified atom stereocenters. The largest absolute Gasteiger partial charge is 0.243 e. The number of halogens is 2. The van der Waals surface area contributed by atoms with Gasteiger partial charge in [-0.15, -0.1) is 0 Å². The van der Waals surface area contributed by atoms with Crippen molar-refractivity contribution in [3.63, 3.8) is 0 Å². The van der Waals surface area contributed by atoms with Crippen molar-refractivity contribution in [2.24, 2.45) is 0 Å². The molecule has 3 nitrogen and oxygen atoms in total. The SMILES string of the molecule is Cc1ccc(CNS(=O)(=O)c2c(Cl)cccc2Cl)cc1. The van der Waals surface area contributed by atoms with Crippen molar-refractivity contribution in [3.05, 3.63) is 63.6 Å². The van der Waals surface area contributed by atoms with Crippen molar-refractivity contribution >= 4 is 33.2 Å². The van der Waals surface area contributed by atoms with Crippen molar-refractivity contribution < 1.29 is 8.42 Å². The molecule has 0 radical (unpaired) electrons. The Kier molecular flexibility index (Phi) is 4.70. The van der Waals surface area contributed by atoms with E-state index >= 15 is 0 Å². The van der Waals surface area contributed by atoms with Crippen molar-refractivity contribution in [2.45, 2.75) is 18.4 Å². The highest BCUT2D eigenvalue weighted by Gasteiger charge is 2.20. The fourth-order valence-electron chi connectivity index (χ4n) is 1.70. The quantitative estimate of drug-likeness (QED) is 0.927.